The van der Waals surface area contributed by atoms with Crippen molar-refractivity contribution >= 4 is 17.6 Å². The molecule has 0 radical (unpaired) electrons. The second-order valence-electron chi connectivity index (χ2n) is 4.64. The van der Waals surface area contributed by atoms with Crippen LogP contribution in [0.4, 0.5) is 0 Å². The molecule has 1 aromatic rings. The summed E-state index contributed by atoms with van der Waals surface area (Å²) in [4.78, 5) is 15.0. The highest BCUT2D eigenvalue weighted by Gasteiger charge is 2.24. The van der Waals surface area contributed by atoms with Gasteiger partial charge in [0, 0.05) is 19.4 Å². The van der Waals surface area contributed by atoms with Gasteiger partial charge in [0.15, 0.2) is 5.15 Å². The minimum absolute atomic E-state index is 0.101. The number of nitrogens with zero attached hydrogens (tertiary/aromatic N) is 2. The molecule has 0 bridgehead atoms. The molecule has 1 heterocycles. The second-order valence-corrected chi connectivity index (χ2v) is 5.00. The Morgan fingerprint density at radius 1 is 1.53 bits per heavy atom. The van der Waals surface area contributed by atoms with Gasteiger partial charge in [-0.1, -0.05) is 24.4 Å². The summed E-state index contributed by atoms with van der Waals surface area (Å²) in [6, 6.07) is 0. The van der Waals surface area contributed by atoms with E-state index >= 15 is 0 Å². The van der Waals surface area contributed by atoms with E-state index in [1.165, 1.54) is 25.7 Å². The van der Waals surface area contributed by atoms with E-state index in [0.717, 1.165) is 11.5 Å². The van der Waals surface area contributed by atoms with Crippen molar-refractivity contribution in [3.05, 3.63) is 16.7 Å². The molecule has 94 valence electrons. The highest BCUT2D eigenvalue weighted by Crippen LogP contribution is 2.35. The minimum atomic E-state index is -0.801. The lowest BCUT2D eigenvalue weighted by Gasteiger charge is -2.10. The van der Waals surface area contributed by atoms with Crippen molar-refractivity contribution in [1.82, 2.24) is 9.55 Å². The number of aromatic nitrogens is 2. The third-order valence-corrected chi connectivity index (χ3v) is 3.80. The van der Waals surface area contributed by atoms with Crippen LogP contribution in [0.5, 0.6) is 0 Å². The van der Waals surface area contributed by atoms with E-state index in [4.69, 9.17) is 16.7 Å². The van der Waals surface area contributed by atoms with Crippen LogP contribution < -0.4 is 0 Å². The van der Waals surface area contributed by atoms with Crippen LogP contribution >= 0.6 is 11.6 Å². The van der Waals surface area contributed by atoms with Gasteiger partial charge in [-0.3, -0.25) is 4.79 Å². The maximum Gasteiger partial charge on any atom is 0.303 e. The molecular weight excluding hydrogens is 240 g/mol. The molecule has 4 nitrogen and oxygen atoms in total. The third kappa shape index (κ3) is 2.63. The summed E-state index contributed by atoms with van der Waals surface area (Å²) in [5.74, 6) is 0.716. The molecule has 1 aliphatic carbocycles. The van der Waals surface area contributed by atoms with E-state index in [1.807, 2.05) is 11.6 Å². The van der Waals surface area contributed by atoms with Crippen LogP contribution in [0, 0.1) is 0 Å². The van der Waals surface area contributed by atoms with E-state index < -0.39 is 5.97 Å². The number of imidazole rings is 1. The van der Waals surface area contributed by atoms with E-state index in [2.05, 4.69) is 4.98 Å². The Hall–Kier alpha value is -1.03. The fourth-order valence-electron chi connectivity index (χ4n) is 2.56. The highest BCUT2D eigenvalue weighted by atomic mass is 35.5. The molecule has 0 aliphatic heterocycles. The molecule has 0 saturated heterocycles. The van der Waals surface area contributed by atoms with E-state index in [0.29, 0.717) is 17.5 Å². The van der Waals surface area contributed by atoms with Crippen molar-refractivity contribution in [2.75, 3.05) is 0 Å². The first-order valence-corrected chi connectivity index (χ1v) is 6.40. The Morgan fingerprint density at radius 2 is 2.18 bits per heavy atom. The van der Waals surface area contributed by atoms with E-state index in [9.17, 15) is 4.79 Å². The van der Waals surface area contributed by atoms with E-state index in [-0.39, 0.29) is 6.42 Å². The van der Waals surface area contributed by atoms with Crippen LogP contribution in [-0.4, -0.2) is 20.6 Å². The van der Waals surface area contributed by atoms with Gasteiger partial charge < -0.3 is 9.67 Å². The first-order valence-electron chi connectivity index (χ1n) is 6.02. The van der Waals surface area contributed by atoms with Crippen molar-refractivity contribution in [2.24, 2.45) is 7.05 Å². The van der Waals surface area contributed by atoms with Crippen molar-refractivity contribution in [3.63, 3.8) is 0 Å². The Labute approximate surface area is 106 Å². The molecule has 0 atom stereocenters. The monoisotopic (exact) mass is 256 g/mol. The first-order chi connectivity index (χ1) is 8.09. The molecule has 0 aromatic carbocycles. The molecule has 1 saturated carbocycles. The fraction of sp³-hybridized carbons (Fsp3) is 0.667. The SMILES string of the molecule is Cn1c(C2CCCC2)nc(Cl)c1CCC(=O)O. The number of carboxylic acids is 1. The molecule has 0 spiro atoms. The quantitative estimate of drug-likeness (QED) is 0.901. The summed E-state index contributed by atoms with van der Waals surface area (Å²) in [6.07, 6.45) is 5.38. The van der Waals surface area contributed by atoms with Gasteiger partial charge in [-0.2, -0.15) is 0 Å². The van der Waals surface area contributed by atoms with Crippen molar-refractivity contribution in [3.8, 4) is 0 Å². The lowest BCUT2D eigenvalue weighted by molar-refractivity contribution is -0.136. The maximum atomic E-state index is 10.6. The molecule has 17 heavy (non-hydrogen) atoms. The van der Waals surface area contributed by atoms with Crippen LogP contribution in [-0.2, 0) is 18.3 Å². The van der Waals surface area contributed by atoms with Gasteiger partial charge in [-0.05, 0) is 12.8 Å². The number of carboxylic acid groups (broad SMARTS) is 1. The summed E-state index contributed by atoms with van der Waals surface area (Å²) in [5.41, 5.74) is 0.843. The zero-order valence-electron chi connectivity index (χ0n) is 9.95. The standard InChI is InChI=1S/C12H17ClN2O2/c1-15-9(6-7-10(16)17)11(13)14-12(15)8-4-2-3-5-8/h8H,2-7H2,1H3,(H,16,17). The fourth-order valence-corrected chi connectivity index (χ4v) is 2.87. The minimum Gasteiger partial charge on any atom is -0.481 e. The zero-order chi connectivity index (χ0) is 12.4. The Bertz CT molecular complexity index is 422. The Balaban J connectivity index is 2.18. The van der Waals surface area contributed by atoms with Gasteiger partial charge in [-0.15, -0.1) is 0 Å². The predicted molar refractivity (Wildman–Crippen MR) is 65.4 cm³/mol. The normalized spacial score (nSPS) is 16.6. The topological polar surface area (TPSA) is 55.1 Å². The largest absolute Gasteiger partial charge is 0.481 e. The number of hydrogen-bond donors (Lipinski definition) is 1. The number of halogens is 1. The average Bonchev–Trinajstić information content (AvgIpc) is 2.85. The lowest BCUT2D eigenvalue weighted by atomic mass is 10.1. The molecule has 1 N–H and O–H groups in total. The van der Waals surface area contributed by atoms with Gasteiger partial charge in [0.25, 0.3) is 0 Å². The average molecular weight is 257 g/mol. The number of aliphatic carboxylic acids is 1. The van der Waals surface area contributed by atoms with Crippen LogP contribution in [0.15, 0.2) is 0 Å². The van der Waals surface area contributed by atoms with Crippen molar-refractivity contribution in [1.29, 1.82) is 0 Å². The number of rotatable bonds is 4. The zero-order valence-corrected chi connectivity index (χ0v) is 10.7. The van der Waals surface area contributed by atoms with E-state index in [1.54, 1.807) is 0 Å². The Kier molecular flexibility index (Phi) is 3.72. The first kappa shape index (κ1) is 12.4. The lowest BCUT2D eigenvalue weighted by Crippen LogP contribution is -2.07. The third-order valence-electron chi connectivity index (χ3n) is 3.50. The molecular formula is C12H17ClN2O2. The highest BCUT2D eigenvalue weighted by molar-refractivity contribution is 6.30. The summed E-state index contributed by atoms with van der Waals surface area (Å²) in [6.45, 7) is 0. The summed E-state index contributed by atoms with van der Waals surface area (Å²) in [7, 11) is 1.93. The van der Waals surface area contributed by atoms with Crippen LogP contribution in [0.1, 0.15) is 49.5 Å². The molecule has 1 aromatic heterocycles. The van der Waals surface area contributed by atoms with Gasteiger partial charge in [0.2, 0.25) is 0 Å². The summed E-state index contributed by atoms with van der Waals surface area (Å²) in [5, 5.41) is 9.17. The van der Waals surface area contributed by atoms with Crippen molar-refractivity contribution < 1.29 is 9.90 Å². The van der Waals surface area contributed by atoms with Gasteiger partial charge in [-0.25, -0.2) is 4.98 Å². The predicted octanol–water partition coefficient (Wildman–Crippen LogP) is 2.75. The molecule has 1 fully saturated rings. The van der Waals surface area contributed by atoms with Crippen molar-refractivity contribution in [2.45, 2.75) is 44.4 Å². The Morgan fingerprint density at radius 3 is 2.76 bits per heavy atom. The second kappa shape index (κ2) is 5.08. The molecule has 5 heteroatoms. The van der Waals surface area contributed by atoms with Gasteiger partial charge in [0.1, 0.15) is 5.82 Å². The van der Waals surface area contributed by atoms with Crippen LogP contribution in [0.3, 0.4) is 0 Å². The number of hydrogen-bond acceptors (Lipinski definition) is 2. The van der Waals surface area contributed by atoms with Crippen LogP contribution in [0.2, 0.25) is 5.15 Å². The summed E-state index contributed by atoms with van der Waals surface area (Å²) < 4.78 is 1.99. The van der Waals surface area contributed by atoms with Gasteiger partial charge >= 0.3 is 5.97 Å². The van der Waals surface area contributed by atoms with Crippen LogP contribution in [0.25, 0.3) is 0 Å². The molecule has 0 amide bonds. The summed E-state index contributed by atoms with van der Waals surface area (Å²) >= 11 is 6.09. The molecule has 1 aliphatic rings. The molecule has 0 unspecified atom stereocenters. The number of carbonyl (C=O) groups is 1. The van der Waals surface area contributed by atoms with Gasteiger partial charge in [0.05, 0.1) is 12.1 Å². The molecule has 2 rings (SSSR count). The smallest absolute Gasteiger partial charge is 0.303 e. The maximum absolute atomic E-state index is 10.6.